The molecule has 0 aromatic carbocycles. The highest BCUT2D eigenvalue weighted by Gasteiger charge is 2.32. The van der Waals surface area contributed by atoms with Crippen molar-refractivity contribution < 1.29 is 80.9 Å². The van der Waals surface area contributed by atoms with E-state index >= 15 is 0 Å². The van der Waals surface area contributed by atoms with Crippen LogP contribution in [-0.4, -0.2) is 225 Å². The summed E-state index contributed by atoms with van der Waals surface area (Å²) in [5, 5.41) is 9.25. The average molecular weight is 765 g/mol. The maximum absolute atomic E-state index is 9.25. The van der Waals surface area contributed by atoms with E-state index in [9.17, 15) is 5.11 Å². The molecule has 0 atom stereocenters. The fourth-order valence-corrected chi connectivity index (χ4v) is 3.98. The minimum absolute atomic E-state index is 0.0438. The number of hydrogen-bond acceptors (Lipinski definition) is 17. The topological polar surface area (TPSA) is 168 Å². The van der Waals surface area contributed by atoms with Gasteiger partial charge in [-0.1, -0.05) is 0 Å². The Kier molecular flexibility index (Phi) is 44.1. The molecule has 0 aliphatic carbocycles. The molecular weight excluding hydrogens is 692 g/mol. The van der Waals surface area contributed by atoms with Crippen molar-refractivity contribution in [2.45, 2.75) is 6.42 Å². The molecule has 0 saturated heterocycles. The molecule has 17 nitrogen and oxygen atoms in total. The summed E-state index contributed by atoms with van der Waals surface area (Å²) >= 11 is 0. The SMILES string of the molecule is COCCOCCOCCOCCOCC(COCCCO)(COCCOCCOCCOCCOC)COCCOCCOCCOCCOC. The summed E-state index contributed by atoms with van der Waals surface area (Å²) in [4.78, 5) is 0. The van der Waals surface area contributed by atoms with Gasteiger partial charge in [0.05, 0.1) is 190 Å². The highest BCUT2D eigenvalue weighted by atomic mass is 16.6. The molecule has 314 valence electrons. The van der Waals surface area contributed by atoms with Crippen LogP contribution in [0.4, 0.5) is 0 Å². The quantitative estimate of drug-likeness (QED) is 0.0851. The largest absolute Gasteiger partial charge is 0.396 e. The Hall–Kier alpha value is -0.680. The van der Waals surface area contributed by atoms with Crippen molar-refractivity contribution >= 4 is 0 Å². The van der Waals surface area contributed by atoms with Crippen molar-refractivity contribution in [1.29, 1.82) is 0 Å². The van der Waals surface area contributed by atoms with E-state index in [1.54, 1.807) is 21.3 Å². The van der Waals surface area contributed by atoms with Gasteiger partial charge in [-0.3, -0.25) is 0 Å². The van der Waals surface area contributed by atoms with Gasteiger partial charge in [-0.25, -0.2) is 0 Å². The predicted molar refractivity (Wildman–Crippen MR) is 190 cm³/mol. The Morgan fingerprint density at radius 3 is 0.673 bits per heavy atom. The molecule has 0 amide bonds. The monoisotopic (exact) mass is 764 g/mol. The first-order chi connectivity index (χ1) is 25.7. The highest BCUT2D eigenvalue weighted by molar-refractivity contribution is 4.79. The van der Waals surface area contributed by atoms with Gasteiger partial charge in [0, 0.05) is 34.5 Å². The van der Waals surface area contributed by atoms with Gasteiger partial charge in [-0.15, -0.1) is 0 Å². The van der Waals surface area contributed by atoms with Crippen molar-refractivity contribution in [3.63, 3.8) is 0 Å². The minimum Gasteiger partial charge on any atom is -0.396 e. The van der Waals surface area contributed by atoms with Gasteiger partial charge in [0.25, 0.3) is 0 Å². The van der Waals surface area contributed by atoms with E-state index in [0.717, 1.165) is 0 Å². The Balaban J connectivity index is 4.61. The summed E-state index contributed by atoms with van der Waals surface area (Å²) in [6, 6.07) is 0. The van der Waals surface area contributed by atoms with Gasteiger partial charge in [0.15, 0.2) is 0 Å². The smallest absolute Gasteiger partial charge is 0.0701 e. The van der Waals surface area contributed by atoms with Crippen LogP contribution in [0.15, 0.2) is 0 Å². The van der Waals surface area contributed by atoms with Crippen molar-refractivity contribution in [1.82, 2.24) is 0 Å². The zero-order chi connectivity index (χ0) is 37.7. The summed E-state index contributed by atoms with van der Waals surface area (Å²) < 4.78 is 88.6. The van der Waals surface area contributed by atoms with Gasteiger partial charge in [0.1, 0.15) is 0 Å². The second-order valence-corrected chi connectivity index (χ2v) is 11.3. The van der Waals surface area contributed by atoms with Crippen LogP contribution in [0.25, 0.3) is 0 Å². The van der Waals surface area contributed by atoms with E-state index < -0.39 is 5.41 Å². The van der Waals surface area contributed by atoms with Crippen LogP contribution in [0.1, 0.15) is 6.42 Å². The molecule has 0 rings (SSSR count). The minimum atomic E-state index is -0.612. The third-order valence-electron chi connectivity index (χ3n) is 6.72. The van der Waals surface area contributed by atoms with Gasteiger partial charge < -0.3 is 80.9 Å². The zero-order valence-electron chi connectivity index (χ0n) is 32.4. The van der Waals surface area contributed by atoms with Gasteiger partial charge in [0.2, 0.25) is 0 Å². The fraction of sp³-hybridized carbons (Fsp3) is 1.00. The number of rotatable bonds is 47. The van der Waals surface area contributed by atoms with Crippen molar-refractivity contribution in [3.05, 3.63) is 0 Å². The summed E-state index contributed by atoms with van der Waals surface area (Å²) in [5.74, 6) is 0. The van der Waals surface area contributed by atoms with Gasteiger partial charge in [-0.2, -0.15) is 0 Å². The standard InChI is InChI=1S/C35H72O17/c1-37-7-10-40-13-16-43-19-22-46-25-28-50-32-35(31-49-6-4-5-36,33-51-29-26-47-23-20-44-17-14-41-11-8-38-2)34-52-30-27-48-24-21-45-18-15-42-12-9-39-3/h36H,4-34H2,1-3H3. The maximum atomic E-state index is 9.25. The molecule has 52 heavy (non-hydrogen) atoms. The summed E-state index contributed by atoms with van der Waals surface area (Å²) in [6.45, 7) is 13.1. The zero-order valence-corrected chi connectivity index (χ0v) is 32.4. The van der Waals surface area contributed by atoms with Crippen LogP contribution in [0, 0.1) is 5.41 Å². The fourth-order valence-electron chi connectivity index (χ4n) is 3.98. The van der Waals surface area contributed by atoms with Crippen LogP contribution in [0.2, 0.25) is 0 Å². The van der Waals surface area contributed by atoms with Crippen molar-refractivity contribution in [3.8, 4) is 0 Å². The molecule has 0 aliphatic heterocycles. The lowest BCUT2D eigenvalue weighted by molar-refractivity contribution is -0.120. The summed E-state index contributed by atoms with van der Waals surface area (Å²) in [7, 11) is 4.91. The van der Waals surface area contributed by atoms with E-state index in [1.165, 1.54) is 0 Å². The maximum Gasteiger partial charge on any atom is 0.0701 e. The molecule has 0 aromatic rings. The Labute approximate surface area is 312 Å². The Bertz CT molecular complexity index is 578. The van der Waals surface area contributed by atoms with Gasteiger partial charge in [-0.05, 0) is 6.42 Å². The second-order valence-electron chi connectivity index (χ2n) is 11.3. The number of hydrogen-bond donors (Lipinski definition) is 1. The highest BCUT2D eigenvalue weighted by Crippen LogP contribution is 2.21. The molecular formula is C35H72O17. The number of aliphatic hydroxyl groups excluding tert-OH is 1. The molecule has 0 aliphatic rings. The predicted octanol–water partition coefficient (Wildman–Crippen LogP) is 0.510. The van der Waals surface area contributed by atoms with Crippen molar-refractivity contribution in [2.24, 2.45) is 5.41 Å². The summed E-state index contributed by atoms with van der Waals surface area (Å²) in [6.07, 6.45) is 0.526. The third kappa shape index (κ3) is 39.0. The number of aliphatic hydroxyl groups is 1. The molecule has 0 saturated carbocycles. The van der Waals surface area contributed by atoms with E-state index in [2.05, 4.69) is 0 Å². The van der Waals surface area contributed by atoms with Gasteiger partial charge >= 0.3 is 0 Å². The van der Waals surface area contributed by atoms with Crippen LogP contribution < -0.4 is 0 Å². The first-order valence-corrected chi connectivity index (χ1v) is 18.3. The summed E-state index contributed by atoms with van der Waals surface area (Å²) in [5.41, 5.74) is -0.612. The van der Waals surface area contributed by atoms with Crippen LogP contribution >= 0.6 is 0 Å². The second kappa shape index (κ2) is 44.7. The molecule has 1 N–H and O–H groups in total. The molecule has 0 unspecified atom stereocenters. The number of ether oxygens (including phenoxy) is 16. The number of methoxy groups -OCH3 is 3. The Morgan fingerprint density at radius 1 is 0.269 bits per heavy atom. The lowest BCUT2D eigenvalue weighted by Crippen LogP contribution is -2.42. The van der Waals surface area contributed by atoms with E-state index in [-0.39, 0.29) is 6.61 Å². The van der Waals surface area contributed by atoms with Crippen LogP contribution in [-0.2, 0) is 75.8 Å². The van der Waals surface area contributed by atoms with Crippen molar-refractivity contribution in [2.75, 3.05) is 220 Å². The Morgan fingerprint density at radius 2 is 0.462 bits per heavy atom. The molecule has 0 heterocycles. The normalized spacial score (nSPS) is 12.0. The van der Waals surface area contributed by atoms with E-state index in [0.29, 0.717) is 198 Å². The first-order valence-electron chi connectivity index (χ1n) is 18.3. The first kappa shape index (κ1) is 51.3. The third-order valence-corrected chi connectivity index (χ3v) is 6.72. The lowest BCUT2D eigenvalue weighted by Gasteiger charge is -2.33. The lowest BCUT2D eigenvalue weighted by atomic mass is 9.92. The van der Waals surface area contributed by atoms with Crippen LogP contribution in [0.5, 0.6) is 0 Å². The molecule has 0 bridgehead atoms. The molecule has 0 aromatic heterocycles. The van der Waals surface area contributed by atoms with E-state index in [4.69, 9.17) is 75.8 Å². The molecule has 0 radical (unpaired) electrons. The van der Waals surface area contributed by atoms with Crippen LogP contribution in [0.3, 0.4) is 0 Å². The molecule has 0 spiro atoms. The van der Waals surface area contributed by atoms with E-state index in [1.807, 2.05) is 0 Å². The molecule has 17 heteroatoms. The molecule has 0 fully saturated rings. The average Bonchev–Trinajstić information content (AvgIpc) is 3.15.